The molecule has 2 radical (unpaired) electrons. The standard InChI is InChI=1S/C19H25N3O2Si/c1-18(2,3)25-24-19(4,5)17-11-21-13-22(17)12-15-8-7-14(10-20)9-16(15)23-6/h7-9,11,13H,12H2,1-6H3. The Kier molecular flexibility index (Phi) is 5.71. The van der Waals surface area contributed by atoms with Gasteiger partial charge in [0.1, 0.15) is 5.75 Å². The number of rotatable bonds is 6. The van der Waals surface area contributed by atoms with Gasteiger partial charge in [0.05, 0.1) is 49.1 Å². The van der Waals surface area contributed by atoms with Gasteiger partial charge in [0.15, 0.2) is 0 Å². The molecule has 0 aliphatic heterocycles. The number of aromatic nitrogens is 2. The van der Waals surface area contributed by atoms with Crippen LogP contribution in [0, 0.1) is 11.3 Å². The fourth-order valence-corrected chi connectivity index (χ4v) is 3.08. The lowest BCUT2D eigenvalue weighted by Crippen LogP contribution is -2.30. The average Bonchev–Trinajstić information content (AvgIpc) is 3.02. The van der Waals surface area contributed by atoms with Gasteiger partial charge in [0, 0.05) is 5.56 Å². The second-order valence-electron chi connectivity index (χ2n) is 7.51. The van der Waals surface area contributed by atoms with Crippen molar-refractivity contribution in [1.82, 2.24) is 9.55 Å². The second kappa shape index (κ2) is 7.42. The van der Waals surface area contributed by atoms with Gasteiger partial charge in [-0.15, -0.1) is 0 Å². The van der Waals surface area contributed by atoms with Crippen molar-refractivity contribution in [3.63, 3.8) is 0 Å². The third-order valence-electron chi connectivity index (χ3n) is 3.70. The van der Waals surface area contributed by atoms with E-state index >= 15 is 0 Å². The Morgan fingerprint density at radius 3 is 2.56 bits per heavy atom. The molecule has 0 spiro atoms. The van der Waals surface area contributed by atoms with Crippen molar-refractivity contribution < 1.29 is 9.16 Å². The summed E-state index contributed by atoms with van der Waals surface area (Å²) in [6.07, 6.45) is 3.65. The van der Waals surface area contributed by atoms with Crippen molar-refractivity contribution in [2.24, 2.45) is 0 Å². The minimum absolute atomic E-state index is 0.123. The van der Waals surface area contributed by atoms with Gasteiger partial charge in [-0.05, 0) is 31.0 Å². The summed E-state index contributed by atoms with van der Waals surface area (Å²) in [5.74, 6) is 0.703. The summed E-state index contributed by atoms with van der Waals surface area (Å²) in [5.41, 5.74) is 2.15. The number of nitriles is 1. The first-order chi connectivity index (χ1) is 11.7. The number of methoxy groups -OCH3 is 1. The third-order valence-corrected chi connectivity index (χ3v) is 4.92. The topological polar surface area (TPSA) is 60.1 Å². The van der Waals surface area contributed by atoms with Crippen LogP contribution in [0.3, 0.4) is 0 Å². The second-order valence-corrected chi connectivity index (χ2v) is 9.42. The van der Waals surface area contributed by atoms with Crippen LogP contribution in [-0.4, -0.2) is 26.4 Å². The molecule has 0 aliphatic rings. The molecule has 25 heavy (non-hydrogen) atoms. The Bertz CT molecular complexity index is 770. The summed E-state index contributed by atoms with van der Waals surface area (Å²) < 4.78 is 13.7. The van der Waals surface area contributed by atoms with Crippen LogP contribution in [0.15, 0.2) is 30.7 Å². The molecule has 0 amide bonds. The van der Waals surface area contributed by atoms with Crippen LogP contribution < -0.4 is 4.74 Å². The molecule has 6 heteroatoms. The van der Waals surface area contributed by atoms with Crippen molar-refractivity contribution in [2.45, 2.75) is 51.8 Å². The summed E-state index contributed by atoms with van der Waals surface area (Å²) >= 11 is 0. The van der Waals surface area contributed by atoms with E-state index in [2.05, 4.69) is 50.2 Å². The Morgan fingerprint density at radius 2 is 1.96 bits per heavy atom. The summed E-state index contributed by atoms with van der Waals surface area (Å²) in [6, 6.07) is 7.62. The molecule has 5 nitrogen and oxygen atoms in total. The van der Waals surface area contributed by atoms with E-state index in [0.717, 1.165) is 11.3 Å². The zero-order valence-electron chi connectivity index (χ0n) is 15.8. The van der Waals surface area contributed by atoms with Gasteiger partial charge >= 0.3 is 0 Å². The van der Waals surface area contributed by atoms with Crippen molar-refractivity contribution in [2.75, 3.05) is 7.11 Å². The molecule has 132 valence electrons. The maximum atomic E-state index is 9.04. The zero-order valence-corrected chi connectivity index (χ0v) is 16.8. The van der Waals surface area contributed by atoms with Crippen LogP contribution in [0.4, 0.5) is 0 Å². The van der Waals surface area contributed by atoms with Crippen LogP contribution >= 0.6 is 0 Å². The van der Waals surface area contributed by atoms with E-state index in [1.807, 2.05) is 12.3 Å². The Balaban J connectivity index is 2.26. The number of nitrogens with zero attached hydrogens (tertiary/aromatic N) is 3. The highest BCUT2D eigenvalue weighted by atomic mass is 28.2. The van der Waals surface area contributed by atoms with E-state index in [1.165, 1.54) is 0 Å². The minimum atomic E-state index is -0.442. The number of benzene rings is 1. The van der Waals surface area contributed by atoms with Crippen LogP contribution in [0.2, 0.25) is 5.04 Å². The van der Waals surface area contributed by atoms with Gasteiger partial charge in [0.25, 0.3) is 0 Å². The summed E-state index contributed by atoms with van der Waals surface area (Å²) in [5, 5.41) is 9.17. The molecule has 0 atom stereocenters. The lowest BCUT2D eigenvalue weighted by molar-refractivity contribution is 0.100. The first kappa shape index (κ1) is 19.2. The van der Waals surface area contributed by atoms with E-state index in [9.17, 15) is 0 Å². The molecule has 0 fully saturated rings. The quantitative estimate of drug-likeness (QED) is 0.737. The molecular formula is C19H25N3O2Si. The molecular weight excluding hydrogens is 330 g/mol. The smallest absolute Gasteiger partial charge is 0.237 e. The van der Waals surface area contributed by atoms with Gasteiger partial charge in [-0.3, -0.25) is 0 Å². The van der Waals surface area contributed by atoms with Crippen LogP contribution in [0.25, 0.3) is 0 Å². The van der Waals surface area contributed by atoms with Crippen molar-refractivity contribution >= 4 is 9.76 Å². The summed E-state index contributed by atoms with van der Waals surface area (Å²) in [7, 11) is 2.01. The van der Waals surface area contributed by atoms with Crippen molar-refractivity contribution in [3.05, 3.63) is 47.5 Å². The first-order valence-electron chi connectivity index (χ1n) is 8.19. The fraction of sp³-hybridized carbons (Fsp3) is 0.474. The largest absolute Gasteiger partial charge is 0.496 e. The average molecular weight is 356 g/mol. The third kappa shape index (κ3) is 4.94. The van der Waals surface area contributed by atoms with Gasteiger partial charge in [-0.2, -0.15) is 5.26 Å². The van der Waals surface area contributed by atoms with Crippen molar-refractivity contribution in [1.29, 1.82) is 5.26 Å². The molecule has 0 unspecified atom stereocenters. The molecule has 0 N–H and O–H groups in total. The Labute approximate surface area is 152 Å². The molecule has 0 aliphatic carbocycles. The molecule has 1 aromatic carbocycles. The number of ether oxygens (including phenoxy) is 1. The predicted molar refractivity (Wildman–Crippen MR) is 98.6 cm³/mol. The first-order valence-corrected chi connectivity index (χ1v) is 9.10. The molecule has 0 saturated heterocycles. The SMILES string of the molecule is COc1cc(C#N)ccc1Cn1cncc1C(C)(C)O[Si]C(C)(C)C. The predicted octanol–water partition coefficient (Wildman–Crippen LogP) is 3.90. The van der Waals surface area contributed by atoms with Crippen LogP contribution in [-0.2, 0) is 16.6 Å². The molecule has 2 rings (SSSR count). The fourth-order valence-electron chi connectivity index (χ4n) is 2.41. The molecule has 2 aromatic rings. The highest BCUT2D eigenvalue weighted by molar-refractivity contribution is 6.31. The van der Waals surface area contributed by atoms with Gasteiger partial charge in [0.2, 0.25) is 9.76 Å². The molecule has 0 bridgehead atoms. The summed E-state index contributed by atoms with van der Waals surface area (Å²) in [6.45, 7) is 11.2. The lowest BCUT2D eigenvalue weighted by atomic mass is 10.1. The van der Waals surface area contributed by atoms with E-state index in [0.29, 0.717) is 27.6 Å². The van der Waals surface area contributed by atoms with Crippen molar-refractivity contribution in [3.8, 4) is 11.8 Å². The maximum Gasteiger partial charge on any atom is 0.237 e. The monoisotopic (exact) mass is 355 g/mol. The van der Waals surface area contributed by atoms with E-state index in [4.69, 9.17) is 14.4 Å². The van der Waals surface area contributed by atoms with Crippen LogP contribution in [0.1, 0.15) is 51.4 Å². The molecule has 0 saturated carbocycles. The maximum absolute atomic E-state index is 9.04. The van der Waals surface area contributed by atoms with Crippen LogP contribution in [0.5, 0.6) is 5.75 Å². The molecule has 1 aromatic heterocycles. The highest BCUT2D eigenvalue weighted by Crippen LogP contribution is 2.30. The number of hydrogen-bond acceptors (Lipinski definition) is 4. The van der Waals surface area contributed by atoms with E-state index in [1.54, 1.807) is 25.6 Å². The minimum Gasteiger partial charge on any atom is -0.496 e. The zero-order chi connectivity index (χ0) is 18.7. The van der Waals surface area contributed by atoms with E-state index in [-0.39, 0.29) is 5.04 Å². The van der Waals surface area contributed by atoms with Gasteiger partial charge in [-0.25, -0.2) is 4.98 Å². The van der Waals surface area contributed by atoms with E-state index < -0.39 is 5.60 Å². The lowest BCUT2D eigenvalue weighted by Gasteiger charge is -2.30. The number of imidazole rings is 1. The number of hydrogen-bond donors (Lipinski definition) is 0. The Hall–Kier alpha value is -2.10. The molecule has 1 heterocycles. The summed E-state index contributed by atoms with van der Waals surface area (Å²) in [4.78, 5) is 4.31. The normalized spacial score (nSPS) is 12.0. The highest BCUT2D eigenvalue weighted by Gasteiger charge is 2.28. The van der Waals surface area contributed by atoms with Gasteiger partial charge in [-0.1, -0.05) is 26.8 Å². The Morgan fingerprint density at radius 1 is 1.24 bits per heavy atom. The van der Waals surface area contributed by atoms with Gasteiger partial charge < -0.3 is 13.7 Å².